The van der Waals surface area contributed by atoms with Crippen LogP contribution in [0, 0.1) is 25.2 Å². The predicted octanol–water partition coefficient (Wildman–Crippen LogP) is 6.14. The SMILES string of the molecule is Cc1ccc(-c2nc(C(C#N)=Cc3ccc(Cl)cc3)sc2C)cc1. The quantitative estimate of drug-likeness (QED) is 0.531. The van der Waals surface area contributed by atoms with E-state index in [9.17, 15) is 5.26 Å². The van der Waals surface area contributed by atoms with Crippen LogP contribution in [0.15, 0.2) is 48.5 Å². The van der Waals surface area contributed by atoms with E-state index in [2.05, 4.69) is 37.3 Å². The zero-order chi connectivity index (χ0) is 17.1. The topological polar surface area (TPSA) is 36.7 Å². The lowest BCUT2D eigenvalue weighted by atomic mass is 10.1. The molecule has 0 saturated heterocycles. The Balaban J connectivity index is 1.99. The average Bonchev–Trinajstić information content (AvgIpc) is 2.96. The molecule has 1 heterocycles. The Morgan fingerprint density at radius 2 is 1.75 bits per heavy atom. The summed E-state index contributed by atoms with van der Waals surface area (Å²) in [5.74, 6) is 0. The van der Waals surface area contributed by atoms with E-state index in [1.807, 2.05) is 37.3 Å². The molecule has 0 aliphatic heterocycles. The van der Waals surface area contributed by atoms with Gasteiger partial charge in [0.25, 0.3) is 0 Å². The molecule has 2 nitrogen and oxygen atoms in total. The highest BCUT2D eigenvalue weighted by atomic mass is 35.5. The zero-order valence-corrected chi connectivity index (χ0v) is 14.9. The Hall–Kier alpha value is -2.41. The van der Waals surface area contributed by atoms with Gasteiger partial charge in [0.2, 0.25) is 0 Å². The van der Waals surface area contributed by atoms with Gasteiger partial charge in [-0.1, -0.05) is 53.6 Å². The third kappa shape index (κ3) is 3.56. The molecule has 0 aliphatic carbocycles. The molecular weight excluding hydrogens is 336 g/mol. The van der Waals surface area contributed by atoms with E-state index in [-0.39, 0.29) is 0 Å². The van der Waals surface area contributed by atoms with Crippen LogP contribution in [0.25, 0.3) is 22.9 Å². The van der Waals surface area contributed by atoms with Crippen molar-refractivity contribution in [2.45, 2.75) is 13.8 Å². The first-order valence-electron chi connectivity index (χ1n) is 7.49. The first-order valence-corrected chi connectivity index (χ1v) is 8.68. The van der Waals surface area contributed by atoms with Gasteiger partial charge < -0.3 is 0 Å². The number of nitriles is 1. The van der Waals surface area contributed by atoms with E-state index >= 15 is 0 Å². The third-order valence-corrected chi connectivity index (χ3v) is 4.91. The smallest absolute Gasteiger partial charge is 0.134 e. The van der Waals surface area contributed by atoms with Gasteiger partial charge >= 0.3 is 0 Å². The van der Waals surface area contributed by atoms with Crippen LogP contribution >= 0.6 is 22.9 Å². The summed E-state index contributed by atoms with van der Waals surface area (Å²) < 4.78 is 0. The van der Waals surface area contributed by atoms with Crippen molar-refractivity contribution in [3.05, 3.63) is 74.6 Å². The predicted molar refractivity (Wildman–Crippen MR) is 102 cm³/mol. The summed E-state index contributed by atoms with van der Waals surface area (Å²) in [6, 6.07) is 17.9. The number of halogens is 1. The minimum absolute atomic E-state index is 0.559. The minimum Gasteiger partial charge on any atom is -0.235 e. The maximum Gasteiger partial charge on any atom is 0.134 e. The van der Waals surface area contributed by atoms with Crippen LogP contribution in [0.4, 0.5) is 0 Å². The molecule has 0 amide bonds. The molecule has 0 N–H and O–H groups in total. The van der Waals surface area contributed by atoms with Crippen molar-refractivity contribution in [1.82, 2.24) is 4.98 Å². The van der Waals surface area contributed by atoms with Gasteiger partial charge in [0.05, 0.1) is 11.3 Å². The highest BCUT2D eigenvalue weighted by molar-refractivity contribution is 7.13. The van der Waals surface area contributed by atoms with Crippen LogP contribution in [0.1, 0.15) is 21.0 Å². The number of nitrogens with zero attached hydrogens (tertiary/aromatic N) is 2. The summed E-state index contributed by atoms with van der Waals surface area (Å²) in [7, 11) is 0. The summed E-state index contributed by atoms with van der Waals surface area (Å²) in [5, 5.41) is 10.9. The molecule has 0 aliphatic rings. The fraction of sp³-hybridized carbons (Fsp3) is 0.100. The number of allylic oxidation sites excluding steroid dienone is 1. The fourth-order valence-electron chi connectivity index (χ4n) is 2.36. The molecule has 1 aromatic heterocycles. The summed E-state index contributed by atoms with van der Waals surface area (Å²) in [6.07, 6.45) is 1.84. The van der Waals surface area contributed by atoms with Gasteiger partial charge in [-0.05, 0) is 37.6 Å². The second kappa shape index (κ2) is 7.00. The summed E-state index contributed by atoms with van der Waals surface area (Å²) in [5.41, 5.74) is 4.72. The number of rotatable bonds is 3. The molecule has 0 fully saturated rings. The van der Waals surface area contributed by atoms with Gasteiger partial charge in [0.1, 0.15) is 11.1 Å². The lowest BCUT2D eigenvalue weighted by molar-refractivity contribution is 1.34. The van der Waals surface area contributed by atoms with E-state index in [0.717, 1.165) is 26.7 Å². The van der Waals surface area contributed by atoms with Crippen LogP contribution in [0.5, 0.6) is 0 Å². The van der Waals surface area contributed by atoms with Crippen molar-refractivity contribution in [2.75, 3.05) is 0 Å². The molecule has 3 aromatic rings. The molecule has 0 unspecified atom stereocenters. The van der Waals surface area contributed by atoms with Gasteiger partial charge in [-0.2, -0.15) is 5.26 Å². The van der Waals surface area contributed by atoms with Crippen molar-refractivity contribution < 1.29 is 0 Å². The third-order valence-electron chi connectivity index (χ3n) is 3.65. The number of hydrogen-bond donors (Lipinski definition) is 0. The molecule has 3 rings (SSSR count). The molecule has 4 heteroatoms. The van der Waals surface area contributed by atoms with Gasteiger partial charge in [-0.3, -0.25) is 0 Å². The van der Waals surface area contributed by atoms with E-state index in [4.69, 9.17) is 16.6 Å². The van der Waals surface area contributed by atoms with E-state index in [1.165, 1.54) is 5.56 Å². The van der Waals surface area contributed by atoms with Gasteiger partial charge in [-0.25, -0.2) is 4.98 Å². The van der Waals surface area contributed by atoms with Crippen molar-refractivity contribution in [3.8, 4) is 17.3 Å². The number of hydrogen-bond acceptors (Lipinski definition) is 3. The van der Waals surface area contributed by atoms with Crippen LogP contribution in [-0.4, -0.2) is 4.98 Å². The highest BCUT2D eigenvalue weighted by Gasteiger charge is 2.13. The lowest BCUT2D eigenvalue weighted by Crippen LogP contribution is -1.84. The highest BCUT2D eigenvalue weighted by Crippen LogP contribution is 2.31. The van der Waals surface area contributed by atoms with Crippen LogP contribution < -0.4 is 0 Å². The average molecular weight is 351 g/mol. The molecule has 24 heavy (non-hydrogen) atoms. The monoisotopic (exact) mass is 350 g/mol. The van der Waals surface area contributed by atoms with Crippen LogP contribution in [0.2, 0.25) is 5.02 Å². The Morgan fingerprint density at radius 1 is 1.08 bits per heavy atom. The van der Waals surface area contributed by atoms with Gasteiger partial charge in [0.15, 0.2) is 0 Å². The maximum absolute atomic E-state index is 9.52. The van der Waals surface area contributed by atoms with Crippen LogP contribution in [0.3, 0.4) is 0 Å². The van der Waals surface area contributed by atoms with Crippen LogP contribution in [-0.2, 0) is 0 Å². The zero-order valence-electron chi connectivity index (χ0n) is 13.4. The molecular formula is C20H15ClN2S. The second-order valence-electron chi connectivity index (χ2n) is 5.51. The molecule has 0 spiro atoms. The summed E-state index contributed by atoms with van der Waals surface area (Å²) in [6.45, 7) is 4.10. The standard InChI is InChI=1S/C20H15ClN2S/c1-13-3-7-16(8-4-13)19-14(2)24-20(23-19)17(12-22)11-15-5-9-18(21)10-6-15/h3-11H,1-2H3. The fourth-order valence-corrected chi connectivity index (χ4v) is 3.39. The number of aryl methyl sites for hydroxylation is 2. The van der Waals surface area contributed by atoms with Crippen molar-refractivity contribution in [2.24, 2.45) is 0 Å². The Kier molecular flexibility index (Phi) is 4.80. The number of thiazole rings is 1. The molecule has 0 saturated carbocycles. The first-order chi connectivity index (χ1) is 11.6. The minimum atomic E-state index is 0.559. The van der Waals surface area contributed by atoms with Crippen molar-refractivity contribution in [3.63, 3.8) is 0 Å². The summed E-state index contributed by atoms with van der Waals surface area (Å²) in [4.78, 5) is 5.80. The molecule has 0 radical (unpaired) electrons. The Labute approximate surface area is 150 Å². The van der Waals surface area contributed by atoms with Crippen molar-refractivity contribution in [1.29, 1.82) is 5.26 Å². The molecule has 0 bridgehead atoms. The number of aromatic nitrogens is 1. The molecule has 2 aromatic carbocycles. The lowest BCUT2D eigenvalue weighted by Gasteiger charge is -1.99. The molecule has 118 valence electrons. The largest absolute Gasteiger partial charge is 0.235 e. The summed E-state index contributed by atoms with van der Waals surface area (Å²) >= 11 is 7.45. The molecule has 0 atom stereocenters. The van der Waals surface area contributed by atoms with Crippen molar-refractivity contribution >= 4 is 34.6 Å². The second-order valence-corrected chi connectivity index (χ2v) is 7.15. The van der Waals surface area contributed by atoms with E-state index in [1.54, 1.807) is 11.3 Å². The Bertz CT molecular complexity index is 929. The normalized spacial score (nSPS) is 11.3. The van der Waals surface area contributed by atoms with E-state index in [0.29, 0.717) is 10.6 Å². The Morgan fingerprint density at radius 3 is 2.38 bits per heavy atom. The van der Waals surface area contributed by atoms with E-state index < -0.39 is 0 Å². The van der Waals surface area contributed by atoms with Gasteiger partial charge in [-0.15, -0.1) is 11.3 Å². The number of benzene rings is 2. The maximum atomic E-state index is 9.52. The first kappa shape index (κ1) is 16.4. The van der Waals surface area contributed by atoms with Gasteiger partial charge in [0, 0.05) is 15.5 Å².